The first-order valence-electron chi connectivity index (χ1n) is 10.3. The van der Waals surface area contributed by atoms with Crippen LogP contribution in [0.4, 0.5) is 0 Å². The fraction of sp³-hybridized carbons (Fsp3) is 0.476. The molecule has 1 amide bonds. The first kappa shape index (κ1) is 26.5. The highest BCUT2D eigenvalue weighted by Crippen LogP contribution is 2.43. The Bertz CT molecular complexity index is 1030. The number of aromatic amines is 2. The lowest BCUT2D eigenvalue weighted by Crippen LogP contribution is -2.43. The minimum absolute atomic E-state index is 0.00625. The third-order valence-corrected chi connectivity index (χ3v) is 5.73. The van der Waals surface area contributed by atoms with E-state index in [0.29, 0.717) is 36.8 Å². The highest BCUT2D eigenvalue weighted by molar-refractivity contribution is 5.94. The Morgan fingerprint density at radius 3 is 2.44 bits per heavy atom. The second-order valence-corrected chi connectivity index (χ2v) is 8.49. The van der Waals surface area contributed by atoms with Gasteiger partial charge in [0.05, 0.1) is 11.8 Å². The summed E-state index contributed by atoms with van der Waals surface area (Å²) in [4.78, 5) is 63.8. The van der Waals surface area contributed by atoms with Crippen molar-refractivity contribution < 1.29 is 29.0 Å². The summed E-state index contributed by atoms with van der Waals surface area (Å²) >= 11 is 0. The molecule has 4 N–H and O–H groups in total. The summed E-state index contributed by atoms with van der Waals surface area (Å²) in [5.74, 6) is 0.339. The molecular formula is C21H29N5O8. The van der Waals surface area contributed by atoms with E-state index in [9.17, 15) is 14.4 Å². The lowest BCUT2D eigenvalue weighted by molar-refractivity contribution is -0.123. The van der Waals surface area contributed by atoms with Gasteiger partial charge in [-0.25, -0.2) is 4.79 Å². The second-order valence-electron chi connectivity index (χ2n) is 8.49. The number of nitrogens with zero attached hydrogens (tertiary/aromatic N) is 3. The van der Waals surface area contributed by atoms with Crippen LogP contribution in [0.25, 0.3) is 0 Å². The van der Waals surface area contributed by atoms with Crippen molar-refractivity contribution in [2.24, 2.45) is 11.3 Å². The van der Waals surface area contributed by atoms with E-state index >= 15 is 0 Å². The van der Waals surface area contributed by atoms with Crippen molar-refractivity contribution in [3.63, 3.8) is 0 Å². The van der Waals surface area contributed by atoms with Crippen molar-refractivity contribution in [2.75, 3.05) is 46.8 Å². The molecule has 0 bridgehead atoms. The van der Waals surface area contributed by atoms with Gasteiger partial charge in [0, 0.05) is 56.4 Å². The minimum atomic E-state index is -0.484. The third kappa shape index (κ3) is 6.65. The van der Waals surface area contributed by atoms with Crippen LogP contribution in [-0.2, 0) is 16.1 Å². The molecule has 0 aliphatic carbocycles. The van der Waals surface area contributed by atoms with Gasteiger partial charge in [0.15, 0.2) is 0 Å². The zero-order valence-electron chi connectivity index (χ0n) is 19.0. The van der Waals surface area contributed by atoms with Crippen molar-refractivity contribution in [1.29, 1.82) is 0 Å². The molecule has 0 saturated carbocycles. The van der Waals surface area contributed by atoms with Crippen LogP contribution in [0.1, 0.15) is 16.1 Å². The molecule has 2 aromatic rings. The number of carbonyl (C=O) groups excluding carboxylic acids is 1. The summed E-state index contributed by atoms with van der Waals surface area (Å²) < 4.78 is 5.06. The smallest absolute Gasteiger partial charge is 0.325 e. The predicted molar refractivity (Wildman–Crippen MR) is 119 cm³/mol. The van der Waals surface area contributed by atoms with Gasteiger partial charge in [-0.1, -0.05) is 0 Å². The first-order valence-corrected chi connectivity index (χ1v) is 10.3. The molecule has 2 atom stereocenters. The number of nitrogens with one attached hydrogen (secondary N) is 2. The summed E-state index contributed by atoms with van der Waals surface area (Å²) in [5.41, 5.74) is 0.280. The zero-order chi connectivity index (χ0) is 25.3. The summed E-state index contributed by atoms with van der Waals surface area (Å²) in [7, 11) is 4.09. The average Bonchev–Trinajstić information content (AvgIpc) is 3.42. The Balaban J connectivity index is 0.000000618. The van der Waals surface area contributed by atoms with Crippen molar-refractivity contribution in [3.05, 3.63) is 56.8 Å². The van der Waals surface area contributed by atoms with Crippen LogP contribution in [-0.4, -0.2) is 101 Å². The van der Waals surface area contributed by atoms with Gasteiger partial charge < -0.3 is 29.4 Å². The predicted octanol–water partition coefficient (Wildman–Crippen LogP) is -0.806. The maximum absolute atomic E-state index is 12.8. The summed E-state index contributed by atoms with van der Waals surface area (Å²) in [6, 6.07) is 3.13. The molecule has 4 rings (SSSR count). The van der Waals surface area contributed by atoms with Crippen LogP contribution in [0, 0.1) is 11.3 Å². The molecule has 186 valence electrons. The van der Waals surface area contributed by atoms with E-state index in [1.165, 1.54) is 18.6 Å². The van der Waals surface area contributed by atoms with E-state index in [1.54, 1.807) is 6.07 Å². The monoisotopic (exact) mass is 479 g/mol. The molecule has 0 spiro atoms. The number of rotatable bonds is 5. The second kappa shape index (κ2) is 12.0. The van der Waals surface area contributed by atoms with E-state index in [1.807, 2.05) is 19.0 Å². The molecule has 2 aromatic heterocycles. The molecular weight excluding hydrogens is 450 g/mol. The number of carboxylic acid groups (broad SMARTS) is 2. The molecule has 34 heavy (non-hydrogen) atoms. The molecule has 0 radical (unpaired) electrons. The normalized spacial score (nSPS) is 21.1. The number of carbonyl (C=O) groups is 3. The minimum Gasteiger partial charge on any atom is -0.483 e. The first-order chi connectivity index (χ1) is 16.2. The number of hydrogen-bond acceptors (Lipinski definition) is 8. The van der Waals surface area contributed by atoms with Gasteiger partial charge in [0.25, 0.3) is 24.4 Å². The summed E-state index contributed by atoms with van der Waals surface area (Å²) in [6.45, 7) is 3.88. The van der Waals surface area contributed by atoms with Crippen LogP contribution in [0.3, 0.4) is 0 Å². The number of H-pyrrole nitrogens is 2. The molecule has 2 aliphatic heterocycles. The van der Waals surface area contributed by atoms with E-state index in [4.69, 9.17) is 24.2 Å². The van der Waals surface area contributed by atoms with E-state index in [0.717, 1.165) is 19.6 Å². The van der Waals surface area contributed by atoms with Crippen LogP contribution >= 0.6 is 0 Å². The number of aromatic nitrogens is 2. The molecule has 2 saturated heterocycles. The molecule has 13 heteroatoms. The van der Waals surface area contributed by atoms with Gasteiger partial charge in [-0.05, 0) is 26.1 Å². The molecule has 2 fully saturated rings. The summed E-state index contributed by atoms with van der Waals surface area (Å²) in [5, 5.41) is 13.8. The number of amides is 1. The Morgan fingerprint density at radius 1 is 1.21 bits per heavy atom. The fourth-order valence-corrected chi connectivity index (χ4v) is 4.83. The topological polar surface area (TPSA) is 180 Å². The standard InChI is InChI=1S/C19H25N5O4.2CH2O2/c1-22(2)10-19-11-23(8-15-5-16(25)21-18(27)20-15)6-14(19)7-24(12-19)17(26)13-3-4-28-9-13;2*2-1-3/h3-5,9,14H,6-8,10-12H2,1-2H3,(H2,20,21,25,27);2*1H,(H,2,3)/t14-,19+;;/m0../s1. The lowest BCUT2D eigenvalue weighted by Gasteiger charge is -2.32. The van der Waals surface area contributed by atoms with Gasteiger partial charge in [0.1, 0.15) is 6.26 Å². The fourth-order valence-electron chi connectivity index (χ4n) is 4.83. The largest absolute Gasteiger partial charge is 0.483 e. The Hall–Kier alpha value is -3.71. The Kier molecular flexibility index (Phi) is 9.33. The molecule has 13 nitrogen and oxygen atoms in total. The maximum Gasteiger partial charge on any atom is 0.325 e. The van der Waals surface area contributed by atoms with Crippen LogP contribution in [0.15, 0.2) is 38.7 Å². The van der Waals surface area contributed by atoms with Gasteiger partial charge in [-0.15, -0.1) is 0 Å². The third-order valence-electron chi connectivity index (χ3n) is 5.73. The van der Waals surface area contributed by atoms with Gasteiger partial charge in [-0.2, -0.15) is 0 Å². The van der Waals surface area contributed by atoms with Gasteiger partial charge in [-0.3, -0.25) is 29.1 Å². The number of hydrogen-bond donors (Lipinski definition) is 4. The SMILES string of the molecule is CN(C)C[C@]12CN(Cc3cc(=O)[nH]c(=O)[nH]3)C[C@H]1CN(C(=O)c1ccoc1)C2.O=CO.O=CO. The summed E-state index contributed by atoms with van der Waals surface area (Å²) in [6.07, 6.45) is 3.01. The van der Waals surface area contributed by atoms with Crippen molar-refractivity contribution in [2.45, 2.75) is 6.54 Å². The van der Waals surface area contributed by atoms with Crippen LogP contribution in [0.2, 0.25) is 0 Å². The molecule has 4 heterocycles. The Morgan fingerprint density at radius 2 is 1.88 bits per heavy atom. The highest BCUT2D eigenvalue weighted by Gasteiger charge is 2.53. The van der Waals surface area contributed by atoms with Gasteiger partial charge in [0.2, 0.25) is 0 Å². The number of furan rings is 1. The van der Waals surface area contributed by atoms with E-state index in [-0.39, 0.29) is 24.3 Å². The number of likely N-dealkylation sites (tertiary alicyclic amines) is 2. The van der Waals surface area contributed by atoms with Crippen LogP contribution < -0.4 is 11.2 Å². The lowest BCUT2D eigenvalue weighted by atomic mass is 9.80. The zero-order valence-corrected chi connectivity index (χ0v) is 19.0. The molecule has 2 aliphatic rings. The van der Waals surface area contributed by atoms with Crippen molar-refractivity contribution in [3.8, 4) is 0 Å². The molecule has 0 aromatic carbocycles. The van der Waals surface area contributed by atoms with E-state index in [2.05, 4.69) is 19.8 Å². The average molecular weight is 479 g/mol. The maximum atomic E-state index is 12.8. The number of fused-ring (bicyclic) bond motifs is 1. The highest BCUT2D eigenvalue weighted by atomic mass is 16.3. The van der Waals surface area contributed by atoms with Gasteiger partial charge >= 0.3 is 5.69 Å². The Labute approximate surface area is 194 Å². The molecule has 0 unspecified atom stereocenters. The van der Waals surface area contributed by atoms with Crippen LogP contribution in [0.5, 0.6) is 0 Å². The van der Waals surface area contributed by atoms with Crippen molar-refractivity contribution in [1.82, 2.24) is 24.7 Å². The van der Waals surface area contributed by atoms with E-state index < -0.39 is 11.2 Å². The van der Waals surface area contributed by atoms with Crippen molar-refractivity contribution >= 4 is 18.9 Å². The quantitative estimate of drug-likeness (QED) is 0.396.